The monoisotopic (exact) mass is 476 g/mol. The van der Waals surface area contributed by atoms with Gasteiger partial charge in [-0.25, -0.2) is 19.2 Å². The van der Waals surface area contributed by atoms with Crippen molar-refractivity contribution >= 4 is 23.9 Å². The Kier molecular flexibility index (Phi) is 7.00. The lowest BCUT2D eigenvalue weighted by atomic mass is 9.92. The van der Waals surface area contributed by atoms with Crippen molar-refractivity contribution in [2.24, 2.45) is 5.41 Å². The molecule has 0 spiro atoms. The van der Waals surface area contributed by atoms with Gasteiger partial charge in [0.2, 0.25) is 0 Å². The second-order valence-electron chi connectivity index (χ2n) is 7.07. The van der Waals surface area contributed by atoms with Crippen molar-refractivity contribution < 1.29 is 55.0 Å². The van der Waals surface area contributed by atoms with E-state index in [0.29, 0.717) is 22.3 Å². The summed E-state index contributed by atoms with van der Waals surface area (Å²) >= 11 is 0. The normalized spacial score (nSPS) is 14.8. The number of carbonyl (C=O) groups excluding carboxylic acids is 4. The summed E-state index contributed by atoms with van der Waals surface area (Å²) in [4.78, 5) is 43.3. The van der Waals surface area contributed by atoms with Crippen molar-refractivity contribution in [2.75, 3.05) is 0 Å². The summed E-state index contributed by atoms with van der Waals surface area (Å²) in [6, 6.07) is 13.1. The molecule has 0 N–H and O–H groups in total. The molecule has 0 atom stereocenters. The molecule has 12 heteroatoms. The van der Waals surface area contributed by atoms with E-state index in [1.165, 1.54) is 0 Å². The number of fused-ring (bicyclic) bond motifs is 2. The highest BCUT2D eigenvalue weighted by atomic mass is 19.4. The fourth-order valence-electron chi connectivity index (χ4n) is 2.23. The number of alkyl halides is 6. The maximum absolute atomic E-state index is 11.6. The van der Waals surface area contributed by atoms with E-state index in [9.17, 15) is 45.5 Å². The number of ether oxygens (including phenoxy) is 2. The van der Waals surface area contributed by atoms with Crippen LogP contribution < -0.4 is 0 Å². The van der Waals surface area contributed by atoms with E-state index in [4.69, 9.17) is 0 Å². The molecular weight excluding hydrogens is 462 g/mol. The molecule has 0 saturated heterocycles. The van der Waals surface area contributed by atoms with Crippen LogP contribution in [0.2, 0.25) is 0 Å². The molecule has 6 nitrogen and oxygen atoms in total. The van der Waals surface area contributed by atoms with Crippen molar-refractivity contribution in [2.45, 2.75) is 26.2 Å². The lowest BCUT2D eigenvalue weighted by molar-refractivity contribution is -0.327. The maximum Gasteiger partial charge on any atom is 0.402 e. The summed E-state index contributed by atoms with van der Waals surface area (Å²) in [7, 11) is 0. The third kappa shape index (κ3) is 5.38. The Morgan fingerprint density at radius 1 is 0.515 bits per heavy atom. The highest BCUT2D eigenvalue weighted by Crippen LogP contribution is 2.49. The molecular formula is C21H14F6O6. The fourth-order valence-corrected chi connectivity index (χ4v) is 2.23. The zero-order valence-corrected chi connectivity index (χ0v) is 16.8. The van der Waals surface area contributed by atoms with Gasteiger partial charge in [0.15, 0.2) is 5.41 Å². The predicted molar refractivity (Wildman–Crippen MR) is 98.3 cm³/mol. The number of rotatable bonds is 0. The standard InChI is InChI=1S/2C8H4O3.C5H6F6/c2*9-7-5-3-1-2-4-6(5)8(10)11-7;1-3(2,4(6,7)8)5(9,10)11/h2*1-4H;1-2H3. The second-order valence-corrected chi connectivity index (χ2v) is 7.07. The summed E-state index contributed by atoms with van der Waals surface area (Å²) in [6.45, 7) is 0.208. The van der Waals surface area contributed by atoms with Gasteiger partial charge in [-0.15, -0.1) is 0 Å². The van der Waals surface area contributed by atoms with Crippen LogP contribution >= 0.6 is 0 Å². The zero-order chi connectivity index (χ0) is 25.2. The topological polar surface area (TPSA) is 86.7 Å². The summed E-state index contributed by atoms with van der Waals surface area (Å²) in [5.41, 5.74) is -2.19. The fraction of sp³-hybridized carbons (Fsp3) is 0.238. The van der Waals surface area contributed by atoms with Crippen LogP contribution in [0.3, 0.4) is 0 Å². The molecule has 0 amide bonds. The molecule has 2 heterocycles. The average molecular weight is 476 g/mol. The molecule has 2 aromatic rings. The minimum atomic E-state index is -5.24. The molecule has 2 aliphatic rings. The first kappa shape index (κ1) is 25.6. The van der Waals surface area contributed by atoms with Gasteiger partial charge in [0.05, 0.1) is 22.3 Å². The van der Waals surface area contributed by atoms with Crippen LogP contribution in [-0.2, 0) is 9.47 Å². The molecule has 0 fully saturated rings. The SMILES string of the molecule is CC(C)(C(F)(F)F)C(F)(F)F.O=C1OC(=O)c2ccccc21.O=C1OC(=O)c2ccccc21. The molecule has 0 bridgehead atoms. The van der Waals surface area contributed by atoms with Gasteiger partial charge in [-0.1, -0.05) is 24.3 Å². The minimum absolute atomic E-state index is 0.104. The Labute approximate surface area is 182 Å². The minimum Gasteiger partial charge on any atom is -0.386 e. The van der Waals surface area contributed by atoms with Gasteiger partial charge in [0.1, 0.15) is 0 Å². The first-order chi connectivity index (χ1) is 15.1. The van der Waals surface area contributed by atoms with Gasteiger partial charge in [-0.3, -0.25) is 0 Å². The molecule has 2 aromatic carbocycles. The Morgan fingerprint density at radius 3 is 0.879 bits per heavy atom. The van der Waals surface area contributed by atoms with Crippen LogP contribution in [0.25, 0.3) is 0 Å². The smallest absolute Gasteiger partial charge is 0.386 e. The van der Waals surface area contributed by atoms with Crippen molar-refractivity contribution in [3.8, 4) is 0 Å². The van der Waals surface area contributed by atoms with Crippen molar-refractivity contribution in [1.82, 2.24) is 0 Å². The molecule has 0 aromatic heterocycles. The van der Waals surface area contributed by atoms with Crippen LogP contribution in [0.1, 0.15) is 55.3 Å². The lowest BCUT2D eigenvalue weighted by Gasteiger charge is -2.29. The molecule has 0 unspecified atom stereocenters. The van der Waals surface area contributed by atoms with E-state index < -0.39 is 41.6 Å². The summed E-state index contributed by atoms with van der Waals surface area (Å²) in [5.74, 6) is -2.20. The van der Waals surface area contributed by atoms with Crippen LogP contribution in [0.4, 0.5) is 26.3 Å². The molecule has 33 heavy (non-hydrogen) atoms. The Balaban J connectivity index is 0.000000175. The van der Waals surface area contributed by atoms with E-state index in [1.54, 1.807) is 48.5 Å². The number of hydrogen-bond acceptors (Lipinski definition) is 6. The second kappa shape index (κ2) is 9.04. The van der Waals surface area contributed by atoms with Gasteiger partial charge in [0, 0.05) is 0 Å². The Morgan fingerprint density at radius 2 is 0.727 bits per heavy atom. The number of halogens is 6. The van der Waals surface area contributed by atoms with Crippen LogP contribution in [0, 0.1) is 5.41 Å². The van der Waals surface area contributed by atoms with Crippen LogP contribution in [0.15, 0.2) is 48.5 Å². The third-order valence-corrected chi connectivity index (χ3v) is 4.52. The molecule has 0 aliphatic carbocycles. The maximum atomic E-state index is 11.6. The first-order valence-electron chi connectivity index (χ1n) is 8.92. The third-order valence-electron chi connectivity index (χ3n) is 4.52. The van der Waals surface area contributed by atoms with Crippen molar-refractivity contribution in [3.63, 3.8) is 0 Å². The summed E-state index contributed by atoms with van der Waals surface area (Å²) < 4.78 is 78.4. The van der Waals surface area contributed by atoms with E-state index in [2.05, 4.69) is 9.47 Å². The Hall–Kier alpha value is -3.70. The van der Waals surface area contributed by atoms with E-state index in [1.807, 2.05) is 0 Å². The number of esters is 4. The van der Waals surface area contributed by atoms with Gasteiger partial charge < -0.3 is 9.47 Å². The van der Waals surface area contributed by atoms with Crippen LogP contribution in [-0.4, -0.2) is 36.2 Å². The molecule has 0 radical (unpaired) electrons. The van der Waals surface area contributed by atoms with E-state index >= 15 is 0 Å². The molecule has 176 valence electrons. The van der Waals surface area contributed by atoms with Crippen molar-refractivity contribution in [1.29, 1.82) is 0 Å². The van der Waals surface area contributed by atoms with E-state index in [0.717, 1.165) is 0 Å². The van der Waals surface area contributed by atoms with E-state index in [-0.39, 0.29) is 13.8 Å². The van der Waals surface area contributed by atoms with Gasteiger partial charge >= 0.3 is 36.2 Å². The van der Waals surface area contributed by atoms with Gasteiger partial charge in [0.25, 0.3) is 0 Å². The van der Waals surface area contributed by atoms with Gasteiger partial charge in [-0.2, -0.15) is 26.3 Å². The highest BCUT2D eigenvalue weighted by Gasteiger charge is 2.64. The Bertz CT molecular complexity index is 949. The molecule has 0 saturated carbocycles. The van der Waals surface area contributed by atoms with Crippen molar-refractivity contribution in [3.05, 3.63) is 70.8 Å². The quantitative estimate of drug-likeness (QED) is 0.298. The number of cyclic esters (lactones) is 4. The average Bonchev–Trinajstić information content (AvgIpc) is 3.17. The first-order valence-corrected chi connectivity index (χ1v) is 8.92. The highest BCUT2D eigenvalue weighted by molar-refractivity contribution is 6.15. The number of carbonyl (C=O) groups is 4. The predicted octanol–water partition coefficient (Wildman–Crippen LogP) is 5.13. The number of hydrogen-bond donors (Lipinski definition) is 0. The zero-order valence-electron chi connectivity index (χ0n) is 16.8. The lowest BCUT2D eigenvalue weighted by Crippen LogP contribution is -2.44. The summed E-state index contributed by atoms with van der Waals surface area (Å²) in [5, 5.41) is 0. The van der Waals surface area contributed by atoms with Gasteiger partial charge in [-0.05, 0) is 38.1 Å². The molecule has 2 aliphatic heterocycles. The summed E-state index contributed by atoms with van der Waals surface area (Å²) in [6.07, 6.45) is -10.5. The van der Waals surface area contributed by atoms with Crippen LogP contribution in [0.5, 0.6) is 0 Å². The largest absolute Gasteiger partial charge is 0.402 e. The number of benzene rings is 2. The molecule has 4 rings (SSSR count).